The number of ketones is 1. The lowest BCUT2D eigenvalue weighted by Crippen LogP contribution is -2.41. The first-order valence-corrected chi connectivity index (χ1v) is 5.49. The number of carbonyl (C=O) groups is 1. The van der Waals surface area contributed by atoms with Crippen molar-refractivity contribution in [1.29, 1.82) is 0 Å². The van der Waals surface area contributed by atoms with Crippen LogP contribution in [0.5, 0.6) is 0 Å². The molecule has 2 heterocycles. The van der Waals surface area contributed by atoms with E-state index >= 15 is 0 Å². The van der Waals surface area contributed by atoms with Gasteiger partial charge in [-0.1, -0.05) is 0 Å². The van der Waals surface area contributed by atoms with E-state index in [9.17, 15) is 4.79 Å². The summed E-state index contributed by atoms with van der Waals surface area (Å²) in [6, 6.07) is 1.96. The van der Waals surface area contributed by atoms with Gasteiger partial charge in [0.2, 0.25) is 0 Å². The summed E-state index contributed by atoms with van der Waals surface area (Å²) in [5, 5.41) is 0. The van der Waals surface area contributed by atoms with Crippen LogP contribution in [0.2, 0.25) is 0 Å². The van der Waals surface area contributed by atoms with Crippen molar-refractivity contribution in [1.82, 2.24) is 4.98 Å². The third kappa shape index (κ3) is 1.50. The van der Waals surface area contributed by atoms with Crippen molar-refractivity contribution in [3.8, 4) is 0 Å². The van der Waals surface area contributed by atoms with Crippen LogP contribution in [0.25, 0.3) is 0 Å². The van der Waals surface area contributed by atoms with Gasteiger partial charge in [-0.25, -0.2) is 0 Å². The largest absolute Gasteiger partial charge is 0.363 e. The highest BCUT2D eigenvalue weighted by atomic mass is 32.2. The second kappa shape index (κ2) is 3.61. The molecular weight excluding hydrogens is 196 g/mol. The Kier molecular flexibility index (Phi) is 2.46. The average molecular weight is 208 g/mol. The van der Waals surface area contributed by atoms with Crippen molar-refractivity contribution in [3.05, 3.63) is 18.5 Å². The maximum Gasteiger partial charge on any atom is 0.153 e. The third-order valence-electron chi connectivity index (χ3n) is 2.48. The minimum atomic E-state index is 0.00917. The molecule has 0 radical (unpaired) electrons. The number of anilines is 1. The minimum absolute atomic E-state index is 0.00917. The van der Waals surface area contributed by atoms with E-state index in [0.29, 0.717) is 0 Å². The normalized spacial score (nSPS) is 20.4. The zero-order valence-corrected chi connectivity index (χ0v) is 9.04. The van der Waals surface area contributed by atoms with Crippen molar-refractivity contribution >= 4 is 23.2 Å². The van der Waals surface area contributed by atoms with Gasteiger partial charge in [-0.05, 0) is 13.0 Å². The van der Waals surface area contributed by atoms with Gasteiger partial charge < -0.3 is 4.90 Å². The fourth-order valence-corrected chi connectivity index (χ4v) is 2.90. The van der Waals surface area contributed by atoms with E-state index in [1.54, 1.807) is 24.9 Å². The SMILES string of the molecule is CC(=O)C1CSc2cnccc2N1C. The van der Waals surface area contributed by atoms with E-state index in [1.165, 1.54) is 0 Å². The zero-order valence-electron chi connectivity index (χ0n) is 8.23. The molecule has 3 nitrogen and oxygen atoms in total. The predicted molar refractivity (Wildman–Crippen MR) is 57.8 cm³/mol. The van der Waals surface area contributed by atoms with Crippen LogP contribution >= 0.6 is 11.8 Å². The molecule has 0 saturated heterocycles. The molecule has 0 aliphatic carbocycles. The van der Waals surface area contributed by atoms with Gasteiger partial charge >= 0.3 is 0 Å². The summed E-state index contributed by atoms with van der Waals surface area (Å²) in [5.74, 6) is 1.05. The number of hydrogen-bond donors (Lipinski definition) is 0. The van der Waals surface area contributed by atoms with Gasteiger partial charge in [-0.2, -0.15) is 0 Å². The molecule has 2 rings (SSSR count). The van der Waals surface area contributed by atoms with E-state index < -0.39 is 0 Å². The molecule has 1 unspecified atom stereocenters. The van der Waals surface area contributed by atoms with Crippen LogP contribution < -0.4 is 4.90 Å². The Bertz CT molecular complexity index is 367. The Morgan fingerprint density at radius 1 is 1.71 bits per heavy atom. The molecule has 0 spiro atoms. The van der Waals surface area contributed by atoms with Crippen LogP contribution in [0.1, 0.15) is 6.92 Å². The maximum absolute atomic E-state index is 11.3. The van der Waals surface area contributed by atoms with E-state index in [0.717, 1.165) is 16.3 Å². The summed E-state index contributed by atoms with van der Waals surface area (Å²) in [4.78, 5) is 18.6. The smallest absolute Gasteiger partial charge is 0.153 e. The van der Waals surface area contributed by atoms with Gasteiger partial charge in [-0.3, -0.25) is 9.78 Å². The Morgan fingerprint density at radius 2 is 2.50 bits per heavy atom. The molecule has 0 bridgehead atoms. The predicted octanol–water partition coefficient (Wildman–Crippen LogP) is 1.58. The number of nitrogens with zero attached hydrogens (tertiary/aromatic N) is 2. The van der Waals surface area contributed by atoms with Gasteiger partial charge in [-0.15, -0.1) is 11.8 Å². The van der Waals surface area contributed by atoms with Crippen molar-refractivity contribution in [2.45, 2.75) is 17.9 Å². The quantitative estimate of drug-likeness (QED) is 0.701. The number of aromatic nitrogens is 1. The summed E-state index contributed by atoms with van der Waals surface area (Å²) in [6.45, 7) is 1.65. The number of hydrogen-bond acceptors (Lipinski definition) is 4. The van der Waals surface area contributed by atoms with Crippen molar-refractivity contribution in [2.75, 3.05) is 17.7 Å². The molecule has 1 aliphatic rings. The number of pyridine rings is 1. The van der Waals surface area contributed by atoms with Gasteiger partial charge in [0.15, 0.2) is 5.78 Å². The number of Topliss-reactive ketones (excluding diaryl/α,β-unsaturated/α-hetero) is 1. The molecular formula is C10H12N2OS. The lowest BCUT2D eigenvalue weighted by Gasteiger charge is -2.33. The number of fused-ring (bicyclic) bond motifs is 1. The molecule has 0 fully saturated rings. The maximum atomic E-state index is 11.3. The molecule has 0 aromatic carbocycles. The van der Waals surface area contributed by atoms with Crippen LogP contribution in [-0.2, 0) is 4.79 Å². The van der Waals surface area contributed by atoms with Crippen molar-refractivity contribution in [2.24, 2.45) is 0 Å². The van der Waals surface area contributed by atoms with Gasteiger partial charge in [0.25, 0.3) is 0 Å². The summed E-state index contributed by atoms with van der Waals surface area (Å²) in [7, 11) is 1.96. The Balaban J connectivity index is 2.36. The van der Waals surface area contributed by atoms with Gasteiger partial charge in [0, 0.05) is 30.1 Å². The summed E-state index contributed by atoms with van der Waals surface area (Å²) in [5.41, 5.74) is 1.11. The van der Waals surface area contributed by atoms with Crippen molar-refractivity contribution < 1.29 is 4.79 Å². The number of thioether (sulfide) groups is 1. The third-order valence-corrected chi connectivity index (χ3v) is 3.58. The molecule has 4 heteroatoms. The standard InChI is InChI=1S/C10H12N2OS/c1-7(13)9-6-14-10-5-11-4-3-8(10)12(9)2/h3-5,9H,6H2,1-2H3. The number of carbonyl (C=O) groups excluding carboxylic acids is 1. The van der Waals surface area contributed by atoms with Crippen LogP contribution in [0.15, 0.2) is 23.4 Å². The molecule has 1 aliphatic heterocycles. The Hall–Kier alpha value is -1.03. The van der Waals surface area contributed by atoms with Crippen LogP contribution in [0, 0.1) is 0 Å². The summed E-state index contributed by atoms with van der Waals surface area (Å²) in [6.07, 6.45) is 3.62. The highest BCUT2D eigenvalue weighted by Crippen LogP contribution is 2.35. The Labute approximate surface area is 87.5 Å². The molecule has 0 N–H and O–H groups in total. The summed E-state index contributed by atoms with van der Waals surface area (Å²) < 4.78 is 0. The zero-order chi connectivity index (χ0) is 10.1. The topological polar surface area (TPSA) is 33.2 Å². The summed E-state index contributed by atoms with van der Waals surface area (Å²) >= 11 is 1.70. The van der Waals surface area contributed by atoms with E-state index in [2.05, 4.69) is 4.98 Å². The molecule has 74 valence electrons. The number of rotatable bonds is 1. The van der Waals surface area contributed by atoms with Gasteiger partial charge in [0.05, 0.1) is 11.7 Å². The second-order valence-electron chi connectivity index (χ2n) is 3.39. The highest BCUT2D eigenvalue weighted by molar-refractivity contribution is 7.99. The van der Waals surface area contributed by atoms with Crippen LogP contribution in [0.4, 0.5) is 5.69 Å². The van der Waals surface area contributed by atoms with Gasteiger partial charge in [0.1, 0.15) is 0 Å². The van der Waals surface area contributed by atoms with Crippen LogP contribution in [0.3, 0.4) is 0 Å². The molecule has 0 amide bonds. The minimum Gasteiger partial charge on any atom is -0.363 e. The average Bonchev–Trinajstić information content (AvgIpc) is 2.18. The van der Waals surface area contributed by atoms with E-state index in [-0.39, 0.29) is 11.8 Å². The molecule has 1 aromatic heterocycles. The highest BCUT2D eigenvalue weighted by Gasteiger charge is 2.26. The molecule has 14 heavy (non-hydrogen) atoms. The van der Waals surface area contributed by atoms with E-state index in [4.69, 9.17) is 0 Å². The second-order valence-corrected chi connectivity index (χ2v) is 4.45. The fraction of sp³-hybridized carbons (Fsp3) is 0.400. The van der Waals surface area contributed by atoms with Crippen molar-refractivity contribution in [3.63, 3.8) is 0 Å². The molecule has 0 saturated carbocycles. The van der Waals surface area contributed by atoms with E-state index in [1.807, 2.05) is 24.2 Å². The Morgan fingerprint density at radius 3 is 3.21 bits per heavy atom. The first-order chi connectivity index (χ1) is 6.70. The molecule has 1 aromatic rings. The lowest BCUT2D eigenvalue weighted by molar-refractivity contribution is -0.117. The number of likely N-dealkylation sites (N-methyl/N-ethyl adjacent to an activating group) is 1. The lowest BCUT2D eigenvalue weighted by atomic mass is 10.2. The first kappa shape index (κ1) is 9.52. The monoisotopic (exact) mass is 208 g/mol. The first-order valence-electron chi connectivity index (χ1n) is 4.50. The fourth-order valence-electron chi connectivity index (χ4n) is 1.61. The van der Waals surface area contributed by atoms with Crippen LogP contribution in [-0.4, -0.2) is 29.6 Å². The molecule has 1 atom stereocenters.